The number of nitrogens with zero attached hydrogens (tertiary/aromatic N) is 2. The highest BCUT2D eigenvalue weighted by molar-refractivity contribution is 7.89. The molecule has 0 atom stereocenters. The predicted octanol–water partition coefficient (Wildman–Crippen LogP) is 3.22. The van der Waals surface area contributed by atoms with Crippen molar-refractivity contribution >= 4 is 38.9 Å². The van der Waals surface area contributed by atoms with Crippen molar-refractivity contribution in [1.29, 1.82) is 0 Å². The van der Waals surface area contributed by atoms with E-state index in [2.05, 4.69) is 15.1 Å². The minimum Gasteiger partial charge on any atom is -0.476 e. The summed E-state index contributed by atoms with van der Waals surface area (Å²) in [6.45, 7) is 4.86. The third-order valence-electron chi connectivity index (χ3n) is 4.26. The summed E-state index contributed by atoms with van der Waals surface area (Å²) in [4.78, 5) is 24.0. The summed E-state index contributed by atoms with van der Waals surface area (Å²) in [7, 11) is -2.54. The van der Waals surface area contributed by atoms with Gasteiger partial charge in [-0.05, 0) is 50.4 Å². The van der Waals surface area contributed by atoms with Crippen molar-refractivity contribution in [3.63, 3.8) is 0 Å². The van der Waals surface area contributed by atoms with Gasteiger partial charge >= 0.3 is 5.97 Å². The topological polar surface area (TPSA) is 140 Å². The van der Waals surface area contributed by atoms with Crippen LogP contribution in [-0.4, -0.2) is 41.2 Å². The van der Waals surface area contributed by atoms with E-state index in [1.165, 1.54) is 48.2 Å². The molecule has 2 aromatic heterocycles. The molecule has 0 fully saturated rings. The van der Waals surface area contributed by atoms with E-state index in [9.17, 15) is 23.1 Å². The molecule has 3 rings (SSSR count). The van der Waals surface area contributed by atoms with Gasteiger partial charge in [0.1, 0.15) is 10.6 Å². The van der Waals surface area contributed by atoms with E-state index < -0.39 is 22.0 Å². The first-order chi connectivity index (χ1) is 15.0. The molecule has 3 N–H and O–H groups in total. The van der Waals surface area contributed by atoms with Gasteiger partial charge in [0.25, 0.3) is 5.91 Å². The number of aromatic carboxylic acids is 1. The molecule has 0 radical (unpaired) electrons. The molecule has 32 heavy (non-hydrogen) atoms. The predicted molar refractivity (Wildman–Crippen MR) is 119 cm³/mol. The monoisotopic (exact) mass is 478 g/mol. The summed E-state index contributed by atoms with van der Waals surface area (Å²) < 4.78 is 35.5. The summed E-state index contributed by atoms with van der Waals surface area (Å²) in [6, 6.07) is 7.18. The van der Waals surface area contributed by atoms with Gasteiger partial charge in [-0.1, -0.05) is 6.07 Å². The second-order valence-corrected chi connectivity index (χ2v) is 9.81. The minimum atomic E-state index is -4.03. The number of aromatic nitrogens is 2. The molecule has 0 bridgehead atoms. The summed E-state index contributed by atoms with van der Waals surface area (Å²) in [5.74, 6) is -1.56. The smallest absolute Gasteiger partial charge is 0.356 e. The number of thiophene rings is 1. The van der Waals surface area contributed by atoms with Gasteiger partial charge in [0.2, 0.25) is 15.9 Å². The maximum absolute atomic E-state index is 13.0. The fraction of sp³-hybridized carbons (Fsp3) is 0.250. The lowest BCUT2D eigenvalue weighted by Crippen LogP contribution is -2.30. The van der Waals surface area contributed by atoms with Gasteiger partial charge in [0.15, 0.2) is 5.69 Å². The lowest BCUT2D eigenvalue weighted by molar-refractivity contribution is 0.0688. The number of carboxylic acids is 1. The van der Waals surface area contributed by atoms with E-state index in [-0.39, 0.29) is 39.4 Å². The van der Waals surface area contributed by atoms with Crippen LogP contribution in [0.25, 0.3) is 0 Å². The summed E-state index contributed by atoms with van der Waals surface area (Å²) in [6.07, 6.45) is 0. The van der Waals surface area contributed by atoms with Crippen LogP contribution in [0.5, 0.6) is 11.6 Å². The molecular weight excluding hydrogens is 456 g/mol. The molecule has 0 spiro atoms. The van der Waals surface area contributed by atoms with Crippen LogP contribution in [0.3, 0.4) is 0 Å². The zero-order valence-corrected chi connectivity index (χ0v) is 19.4. The highest BCUT2D eigenvalue weighted by atomic mass is 32.2. The van der Waals surface area contributed by atoms with E-state index in [1.807, 2.05) is 0 Å². The fourth-order valence-corrected chi connectivity index (χ4v) is 4.94. The molecule has 0 saturated carbocycles. The van der Waals surface area contributed by atoms with Crippen molar-refractivity contribution in [1.82, 2.24) is 14.5 Å². The van der Waals surface area contributed by atoms with Gasteiger partial charge in [-0.3, -0.25) is 4.79 Å². The van der Waals surface area contributed by atoms with Gasteiger partial charge in [-0.2, -0.15) is 5.10 Å². The number of sulfonamides is 1. The minimum absolute atomic E-state index is 0.0460. The average Bonchev–Trinajstić information content (AvgIpc) is 3.32. The van der Waals surface area contributed by atoms with Crippen LogP contribution in [0.2, 0.25) is 0 Å². The summed E-state index contributed by atoms with van der Waals surface area (Å²) >= 11 is 1.26. The molecule has 3 aromatic rings. The molecule has 1 aromatic carbocycles. The molecule has 1 amide bonds. The maximum Gasteiger partial charge on any atom is 0.356 e. The van der Waals surface area contributed by atoms with E-state index in [1.54, 1.807) is 31.4 Å². The first kappa shape index (κ1) is 23.4. The van der Waals surface area contributed by atoms with Gasteiger partial charge < -0.3 is 15.2 Å². The molecular formula is C20H22N4O6S2. The molecule has 2 heterocycles. The Bertz CT molecular complexity index is 1260. The van der Waals surface area contributed by atoms with Crippen LogP contribution >= 0.6 is 11.3 Å². The quantitative estimate of drug-likeness (QED) is 0.452. The number of hydrogen-bond acceptors (Lipinski definition) is 7. The van der Waals surface area contributed by atoms with E-state index in [0.717, 1.165) is 0 Å². The first-order valence-electron chi connectivity index (χ1n) is 9.45. The first-order valence-corrected chi connectivity index (χ1v) is 11.8. The lowest BCUT2D eigenvalue weighted by Gasteiger charge is -2.16. The maximum atomic E-state index is 13.0. The van der Waals surface area contributed by atoms with Crippen LogP contribution in [-0.2, 0) is 17.1 Å². The molecule has 0 aliphatic rings. The Morgan fingerprint density at radius 3 is 2.53 bits per heavy atom. The number of aryl methyl sites for hydroxylation is 1. The summed E-state index contributed by atoms with van der Waals surface area (Å²) in [5, 5.41) is 17.6. The molecule has 0 saturated heterocycles. The van der Waals surface area contributed by atoms with Gasteiger partial charge in [0.05, 0.1) is 4.88 Å². The molecule has 0 aliphatic carbocycles. The van der Waals surface area contributed by atoms with E-state index in [0.29, 0.717) is 4.88 Å². The van der Waals surface area contributed by atoms with Crippen LogP contribution in [0, 0.1) is 6.92 Å². The number of anilines is 1. The highest BCUT2D eigenvalue weighted by Crippen LogP contribution is 2.34. The van der Waals surface area contributed by atoms with Crippen LogP contribution in [0.4, 0.5) is 5.69 Å². The van der Waals surface area contributed by atoms with Crippen molar-refractivity contribution in [3.8, 4) is 11.6 Å². The Morgan fingerprint density at radius 1 is 1.25 bits per heavy atom. The largest absolute Gasteiger partial charge is 0.476 e. The Morgan fingerprint density at radius 2 is 1.97 bits per heavy atom. The number of ether oxygens (including phenoxy) is 1. The molecule has 0 unspecified atom stereocenters. The zero-order valence-electron chi connectivity index (χ0n) is 17.7. The van der Waals surface area contributed by atoms with Crippen molar-refractivity contribution in [2.75, 3.05) is 5.32 Å². The number of rotatable bonds is 8. The van der Waals surface area contributed by atoms with Crippen LogP contribution in [0.15, 0.2) is 40.6 Å². The van der Waals surface area contributed by atoms with Gasteiger partial charge in [-0.15, -0.1) is 11.3 Å². The third kappa shape index (κ3) is 4.98. The Hall–Kier alpha value is -3.22. The number of benzene rings is 1. The van der Waals surface area contributed by atoms with Crippen molar-refractivity contribution in [2.24, 2.45) is 7.05 Å². The Kier molecular flexibility index (Phi) is 6.67. The number of carbonyl (C=O) groups excluding carboxylic acids is 1. The molecule has 0 aliphatic heterocycles. The average molecular weight is 479 g/mol. The number of carbonyl (C=O) groups is 2. The molecule has 12 heteroatoms. The fourth-order valence-electron chi connectivity index (χ4n) is 2.92. The standard InChI is InChI=1S/C20H22N4O6S2/c1-11(2)23-32(28,29)16-10-13(21-18(25)15-6-5-9-31-15)7-8-14(16)30-19-12(3)17(20(26)27)22-24(19)4/h5-11,23H,1-4H3,(H,21,25)(H,26,27). The highest BCUT2D eigenvalue weighted by Gasteiger charge is 2.25. The Labute approximate surface area is 188 Å². The second kappa shape index (κ2) is 9.10. The molecule has 170 valence electrons. The number of amides is 1. The number of carboxylic acid groups (broad SMARTS) is 1. The van der Waals surface area contributed by atoms with E-state index in [4.69, 9.17) is 4.74 Å². The number of nitrogens with one attached hydrogen (secondary N) is 2. The molecule has 10 nitrogen and oxygen atoms in total. The summed E-state index contributed by atoms with van der Waals surface area (Å²) in [5.41, 5.74) is 0.301. The number of hydrogen-bond donors (Lipinski definition) is 3. The van der Waals surface area contributed by atoms with Crippen molar-refractivity contribution in [2.45, 2.75) is 31.7 Å². The SMILES string of the molecule is Cc1c(C(=O)O)nn(C)c1Oc1ccc(NC(=O)c2cccs2)cc1S(=O)(=O)NC(C)C. The van der Waals surface area contributed by atoms with Crippen molar-refractivity contribution < 1.29 is 27.9 Å². The van der Waals surface area contributed by atoms with Gasteiger partial charge in [0, 0.05) is 24.3 Å². The third-order valence-corrected chi connectivity index (χ3v) is 6.80. The second-order valence-electron chi connectivity index (χ2n) is 7.18. The van der Waals surface area contributed by atoms with E-state index >= 15 is 0 Å². The Balaban J connectivity index is 2.04. The van der Waals surface area contributed by atoms with Gasteiger partial charge in [-0.25, -0.2) is 22.6 Å². The van der Waals surface area contributed by atoms with Crippen LogP contribution in [0.1, 0.15) is 39.6 Å². The lowest BCUT2D eigenvalue weighted by atomic mass is 10.2. The van der Waals surface area contributed by atoms with Crippen LogP contribution < -0.4 is 14.8 Å². The normalized spacial score (nSPS) is 11.5. The zero-order chi connectivity index (χ0) is 23.6. The van der Waals surface area contributed by atoms with Crippen molar-refractivity contribution in [3.05, 3.63) is 51.8 Å².